The van der Waals surface area contributed by atoms with Gasteiger partial charge in [-0.05, 0) is 78.1 Å². The van der Waals surface area contributed by atoms with E-state index in [1.807, 2.05) is 30.0 Å². The summed E-state index contributed by atoms with van der Waals surface area (Å²) in [5.41, 5.74) is 1.41. The van der Waals surface area contributed by atoms with Gasteiger partial charge in [0, 0.05) is 10.5 Å². The summed E-state index contributed by atoms with van der Waals surface area (Å²) in [5.74, 6) is 0. The first kappa shape index (κ1) is 21.0. The molecule has 1 aromatic carbocycles. The largest absolute Gasteiger partial charge is 0.414 e. The van der Waals surface area contributed by atoms with Crippen LogP contribution in [0.3, 0.4) is 0 Å². The molecule has 2 saturated heterocycles. The van der Waals surface area contributed by atoms with Gasteiger partial charge in [-0.15, -0.1) is 0 Å². The van der Waals surface area contributed by atoms with Crippen molar-refractivity contribution in [3.63, 3.8) is 0 Å². The van der Waals surface area contributed by atoms with Gasteiger partial charge in [-0.3, -0.25) is 10.2 Å². The van der Waals surface area contributed by atoms with Crippen LogP contribution in [0.1, 0.15) is 58.4 Å². The quantitative estimate of drug-likeness (QED) is 0.585. The monoisotopic (exact) mass is 452 g/mol. The Bertz CT molecular complexity index is 757. The Morgan fingerprint density at radius 2 is 2.00 bits per heavy atom. The first-order chi connectivity index (χ1) is 13.1. The summed E-state index contributed by atoms with van der Waals surface area (Å²) in [4.78, 5) is 26.8. The molecular weight excluding hydrogens is 424 g/mol. The smallest absolute Gasteiger partial charge is 0.411 e. The van der Waals surface area contributed by atoms with Crippen molar-refractivity contribution in [1.82, 2.24) is 4.90 Å². The predicted molar refractivity (Wildman–Crippen MR) is 111 cm³/mol. The number of nitrogens with one attached hydrogen (secondary N) is 1. The minimum Gasteiger partial charge on any atom is -0.411 e. The number of amides is 2. The summed E-state index contributed by atoms with van der Waals surface area (Å²) in [5, 5.41) is 2.65. The van der Waals surface area contributed by atoms with Crippen LogP contribution in [0.2, 0.25) is 0 Å². The van der Waals surface area contributed by atoms with Crippen molar-refractivity contribution in [2.75, 3.05) is 12.1 Å². The number of hydrogen-bond acceptors (Lipinski definition) is 4. The van der Waals surface area contributed by atoms with Crippen LogP contribution >= 0.6 is 15.9 Å². The first-order valence-corrected chi connectivity index (χ1v) is 10.6. The molecule has 1 aromatic rings. The fourth-order valence-corrected chi connectivity index (χ4v) is 5.02. The maximum atomic E-state index is 12.8. The number of benzene rings is 1. The summed E-state index contributed by atoms with van der Waals surface area (Å²) in [6, 6.07) is 5.83. The van der Waals surface area contributed by atoms with E-state index in [9.17, 15) is 9.59 Å². The van der Waals surface area contributed by atoms with Crippen molar-refractivity contribution in [3.8, 4) is 0 Å². The summed E-state index contributed by atoms with van der Waals surface area (Å²) < 4.78 is 11.2. The lowest BCUT2D eigenvalue weighted by atomic mass is 9.68. The van der Waals surface area contributed by atoms with E-state index in [1.165, 1.54) is 0 Å². The lowest BCUT2D eigenvalue weighted by Gasteiger charge is -2.51. The van der Waals surface area contributed by atoms with E-state index in [1.54, 1.807) is 0 Å². The Morgan fingerprint density at radius 1 is 1.25 bits per heavy atom. The van der Waals surface area contributed by atoms with Crippen LogP contribution in [0, 0.1) is 12.3 Å². The fourth-order valence-electron chi connectivity index (χ4n) is 4.67. The summed E-state index contributed by atoms with van der Waals surface area (Å²) >= 11 is 3.38. The second-order valence-electron chi connectivity index (χ2n) is 8.80. The summed E-state index contributed by atoms with van der Waals surface area (Å²) in [6.07, 6.45) is 4.10. The van der Waals surface area contributed by atoms with Crippen LogP contribution in [0.5, 0.6) is 0 Å². The molecule has 3 rings (SSSR count). The molecule has 2 heterocycles. The third-order valence-electron chi connectivity index (χ3n) is 6.17. The topological polar surface area (TPSA) is 67.9 Å². The Kier molecular flexibility index (Phi) is 5.94. The van der Waals surface area contributed by atoms with Crippen molar-refractivity contribution in [2.24, 2.45) is 5.41 Å². The van der Waals surface area contributed by atoms with E-state index in [0.717, 1.165) is 42.1 Å². The SMILES string of the molecule is Cc1ccc(Br)c(NC(=O)OCOC(=O)N2C3CCCC2(C(C)(C)C)CC3)c1. The number of ether oxygens (including phenoxy) is 2. The van der Waals surface area contributed by atoms with Gasteiger partial charge in [-0.1, -0.05) is 26.8 Å². The highest BCUT2D eigenvalue weighted by atomic mass is 79.9. The van der Waals surface area contributed by atoms with Crippen molar-refractivity contribution < 1.29 is 19.1 Å². The molecule has 0 spiro atoms. The number of halogens is 1. The van der Waals surface area contributed by atoms with Crippen molar-refractivity contribution in [3.05, 3.63) is 28.2 Å². The highest BCUT2D eigenvalue weighted by Gasteiger charge is 2.57. The number of carbonyl (C=O) groups is 2. The molecule has 2 unspecified atom stereocenters. The number of piperidine rings is 1. The average molecular weight is 453 g/mol. The van der Waals surface area contributed by atoms with Crippen LogP contribution in [-0.4, -0.2) is 35.5 Å². The highest BCUT2D eigenvalue weighted by Crippen LogP contribution is 2.53. The van der Waals surface area contributed by atoms with Gasteiger partial charge in [0.2, 0.25) is 6.79 Å². The zero-order chi connectivity index (χ0) is 20.5. The number of carbonyl (C=O) groups excluding carboxylic acids is 2. The molecule has 0 radical (unpaired) electrons. The molecule has 0 aliphatic carbocycles. The van der Waals surface area contributed by atoms with E-state index in [-0.39, 0.29) is 23.1 Å². The van der Waals surface area contributed by atoms with E-state index in [0.29, 0.717) is 5.69 Å². The maximum absolute atomic E-state index is 12.8. The van der Waals surface area contributed by atoms with Crippen molar-refractivity contribution in [1.29, 1.82) is 0 Å². The van der Waals surface area contributed by atoms with Gasteiger partial charge in [-0.2, -0.15) is 0 Å². The molecule has 2 aliphatic rings. The Morgan fingerprint density at radius 3 is 2.71 bits per heavy atom. The van der Waals surface area contributed by atoms with Crippen molar-refractivity contribution in [2.45, 2.75) is 71.4 Å². The maximum Gasteiger partial charge on any atom is 0.414 e. The third-order valence-corrected chi connectivity index (χ3v) is 6.86. The van der Waals surface area contributed by atoms with Crippen LogP contribution < -0.4 is 5.32 Å². The molecule has 7 heteroatoms. The Balaban J connectivity index is 1.57. The average Bonchev–Trinajstić information content (AvgIpc) is 2.84. The van der Waals surface area contributed by atoms with Crippen LogP contribution in [0.25, 0.3) is 0 Å². The summed E-state index contributed by atoms with van der Waals surface area (Å²) in [7, 11) is 0. The normalized spacial score (nSPS) is 24.0. The molecule has 6 nitrogen and oxygen atoms in total. The molecule has 2 aliphatic heterocycles. The van der Waals surface area contributed by atoms with Gasteiger partial charge in [0.25, 0.3) is 0 Å². The molecule has 2 fully saturated rings. The molecule has 0 aromatic heterocycles. The predicted octanol–water partition coefficient (Wildman–Crippen LogP) is 5.83. The Hall–Kier alpha value is -1.76. The standard InChI is InChI=1S/C21H29BrN2O4/c1-14-7-8-16(22)17(12-14)23-18(25)27-13-28-19(26)24-15-6-5-10-21(24,11-9-15)20(2,3)4/h7-8,12,15H,5-6,9-11,13H2,1-4H3,(H,23,25). The highest BCUT2D eigenvalue weighted by molar-refractivity contribution is 9.10. The number of fused-ring (bicyclic) bond motifs is 2. The molecule has 2 amide bonds. The van der Waals surface area contributed by atoms with Crippen LogP contribution in [0.4, 0.5) is 15.3 Å². The zero-order valence-electron chi connectivity index (χ0n) is 17.0. The third kappa shape index (κ3) is 4.00. The number of nitrogens with zero attached hydrogens (tertiary/aromatic N) is 1. The van der Waals surface area contributed by atoms with Gasteiger partial charge in [0.1, 0.15) is 0 Å². The summed E-state index contributed by atoms with van der Waals surface area (Å²) in [6.45, 7) is 8.08. The lowest BCUT2D eigenvalue weighted by molar-refractivity contribution is -0.0474. The molecule has 154 valence electrons. The second kappa shape index (κ2) is 7.93. The van der Waals surface area contributed by atoms with Crippen molar-refractivity contribution >= 4 is 33.8 Å². The second-order valence-corrected chi connectivity index (χ2v) is 9.66. The van der Waals surface area contributed by atoms with Crippen LogP contribution in [0.15, 0.2) is 22.7 Å². The van der Waals surface area contributed by atoms with E-state index in [2.05, 4.69) is 42.0 Å². The molecule has 1 N–H and O–H groups in total. The van der Waals surface area contributed by atoms with Gasteiger partial charge in [-0.25, -0.2) is 9.59 Å². The van der Waals surface area contributed by atoms with Gasteiger partial charge < -0.3 is 9.47 Å². The van der Waals surface area contributed by atoms with E-state index >= 15 is 0 Å². The van der Waals surface area contributed by atoms with E-state index in [4.69, 9.17) is 9.47 Å². The van der Waals surface area contributed by atoms with E-state index < -0.39 is 12.9 Å². The molecule has 2 bridgehead atoms. The number of rotatable bonds is 3. The zero-order valence-corrected chi connectivity index (χ0v) is 18.6. The lowest BCUT2D eigenvalue weighted by Crippen LogP contribution is -2.60. The number of aryl methyl sites for hydroxylation is 1. The fraction of sp³-hybridized carbons (Fsp3) is 0.619. The minimum atomic E-state index is -0.661. The van der Waals surface area contributed by atoms with Gasteiger partial charge >= 0.3 is 12.2 Å². The molecular formula is C21H29BrN2O4. The number of anilines is 1. The Labute approximate surface area is 175 Å². The first-order valence-electron chi connectivity index (χ1n) is 9.80. The molecule has 28 heavy (non-hydrogen) atoms. The molecule has 2 atom stereocenters. The number of hydrogen-bond donors (Lipinski definition) is 1. The minimum absolute atomic E-state index is 0.0309. The molecule has 0 saturated carbocycles. The van der Waals surface area contributed by atoms with Gasteiger partial charge in [0.05, 0.1) is 11.2 Å². The van der Waals surface area contributed by atoms with Gasteiger partial charge in [0.15, 0.2) is 0 Å². The van der Waals surface area contributed by atoms with Crippen LogP contribution in [-0.2, 0) is 9.47 Å².